The molecule has 0 aliphatic rings. The van der Waals surface area contributed by atoms with Gasteiger partial charge in [0, 0.05) is 36.3 Å². The Morgan fingerprint density at radius 3 is 2.26 bits per heavy atom. The van der Waals surface area contributed by atoms with Crippen LogP contribution in [0.4, 0.5) is 27.6 Å². The summed E-state index contributed by atoms with van der Waals surface area (Å²) < 4.78 is 69.0. The molecular weight excluding hydrogens is 533 g/mol. The average molecular weight is 556 g/mol. The van der Waals surface area contributed by atoms with Gasteiger partial charge in [-0.1, -0.05) is 18.5 Å². The summed E-state index contributed by atoms with van der Waals surface area (Å²) in [6.45, 7) is 2.56. The Bertz CT molecular complexity index is 1420. The van der Waals surface area contributed by atoms with Crippen molar-refractivity contribution in [3.8, 4) is 0 Å². The van der Waals surface area contributed by atoms with Crippen LogP contribution in [-0.2, 0) is 17.5 Å². The van der Waals surface area contributed by atoms with Crippen LogP contribution in [0.3, 0.4) is 0 Å². The molecule has 202 valence electrons. The Labute approximate surface area is 220 Å². The third kappa shape index (κ3) is 6.21. The first-order chi connectivity index (χ1) is 17.6. The Balaban J connectivity index is 2.22. The molecule has 0 saturated heterocycles. The molecule has 3 rings (SSSR count). The van der Waals surface area contributed by atoms with Crippen molar-refractivity contribution in [3.63, 3.8) is 0 Å². The molecule has 0 spiro atoms. The monoisotopic (exact) mass is 555 g/mol. The van der Waals surface area contributed by atoms with E-state index >= 15 is 0 Å². The standard InChI is InChI=1S/C26H23ClF5N3O3/c1-13(36)12-35-22(25(38)34(3)4)11-21(23(35)14(2)19-10-17(28)5-6-20(19)27)33-24(37)15-7-16(26(30,31)32)9-18(29)8-15/h5-11,14H,12H2,1-4H3,(H,33,37)/t14-/m1/s1. The van der Waals surface area contributed by atoms with Crippen molar-refractivity contribution in [3.05, 3.63) is 87.2 Å². The highest BCUT2D eigenvalue weighted by molar-refractivity contribution is 6.31. The topological polar surface area (TPSA) is 71.4 Å². The zero-order valence-corrected chi connectivity index (χ0v) is 21.5. The SMILES string of the molecule is CC(=O)Cn1c(C(=O)N(C)C)cc(NC(=O)c2cc(F)cc(C(F)(F)F)c2)c1[C@H](C)c1cc(F)ccc1Cl. The van der Waals surface area contributed by atoms with Crippen molar-refractivity contribution in [1.82, 2.24) is 9.47 Å². The fourth-order valence-corrected chi connectivity index (χ4v) is 4.28. The number of rotatable bonds is 7. The van der Waals surface area contributed by atoms with Gasteiger partial charge in [0.25, 0.3) is 11.8 Å². The number of benzene rings is 2. The van der Waals surface area contributed by atoms with Crippen LogP contribution in [0.2, 0.25) is 5.02 Å². The van der Waals surface area contributed by atoms with E-state index in [-0.39, 0.29) is 46.1 Å². The smallest absolute Gasteiger partial charge is 0.343 e. The molecule has 0 bridgehead atoms. The van der Waals surface area contributed by atoms with Crippen molar-refractivity contribution < 1.29 is 36.3 Å². The number of ketones is 1. The molecule has 1 aromatic heterocycles. The van der Waals surface area contributed by atoms with E-state index in [0.717, 1.165) is 12.1 Å². The van der Waals surface area contributed by atoms with E-state index < -0.39 is 46.7 Å². The quantitative estimate of drug-likeness (QED) is 0.356. The van der Waals surface area contributed by atoms with Crippen LogP contribution in [-0.4, -0.2) is 41.2 Å². The molecule has 38 heavy (non-hydrogen) atoms. The number of halogens is 6. The summed E-state index contributed by atoms with van der Waals surface area (Å²) in [4.78, 5) is 39.4. The second-order valence-corrected chi connectivity index (χ2v) is 9.29. The van der Waals surface area contributed by atoms with Gasteiger partial charge in [0.2, 0.25) is 0 Å². The number of carbonyl (C=O) groups excluding carboxylic acids is 3. The summed E-state index contributed by atoms with van der Waals surface area (Å²) in [7, 11) is 2.92. The molecule has 0 fully saturated rings. The fraction of sp³-hybridized carbons (Fsp3) is 0.269. The van der Waals surface area contributed by atoms with Crippen LogP contribution < -0.4 is 5.32 Å². The first kappa shape index (κ1) is 28.8. The van der Waals surface area contributed by atoms with E-state index in [4.69, 9.17) is 11.6 Å². The second kappa shape index (κ2) is 10.9. The van der Waals surface area contributed by atoms with Crippen molar-refractivity contribution in [2.75, 3.05) is 19.4 Å². The second-order valence-electron chi connectivity index (χ2n) is 8.88. The molecule has 1 heterocycles. The number of carbonyl (C=O) groups is 3. The summed E-state index contributed by atoms with van der Waals surface area (Å²) in [5, 5.41) is 2.59. The highest BCUT2D eigenvalue weighted by Crippen LogP contribution is 2.37. The lowest BCUT2D eigenvalue weighted by molar-refractivity contribution is -0.137. The van der Waals surface area contributed by atoms with E-state index in [9.17, 15) is 36.3 Å². The summed E-state index contributed by atoms with van der Waals surface area (Å²) in [6.07, 6.45) is -4.90. The van der Waals surface area contributed by atoms with Crippen LogP contribution in [0.5, 0.6) is 0 Å². The number of nitrogens with zero attached hydrogens (tertiary/aromatic N) is 2. The van der Waals surface area contributed by atoms with Crippen molar-refractivity contribution in [2.24, 2.45) is 0 Å². The zero-order chi connectivity index (χ0) is 28.5. The maximum absolute atomic E-state index is 14.1. The lowest BCUT2D eigenvalue weighted by Crippen LogP contribution is -2.26. The summed E-state index contributed by atoms with van der Waals surface area (Å²) >= 11 is 6.30. The van der Waals surface area contributed by atoms with E-state index in [1.54, 1.807) is 6.92 Å². The summed E-state index contributed by atoms with van der Waals surface area (Å²) in [6, 6.07) is 6.24. The zero-order valence-electron chi connectivity index (χ0n) is 20.7. The largest absolute Gasteiger partial charge is 0.416 e. The van der Waals surface area contributed by atoms with Crippen molar-refractivity contribution >= 4 is 34.9 Å². The lowest BCUT2D eigenvalue weighted by atomic mass is 9.96. The van der Waals surface area contributed by atoms with Gasteiger partial charge in [-0.2, -0.15) is 13.2 Å². The number of nitrogens with one attached hydrogen (secondary N) is 1. The molecule has 3 aromatic rings. The summed E-state index contributed by atoms with van der Waals surface area (Å²) in [5.41, 5.74) is -1.63. The van der Waals surface area contributed by atoms with E-state index in [1.165, 1.54) is 42.6 Å². The number of alkyl halides is 3. The van der Waals surface area contributed by atoms with Gasteiger partial charge >= 0.3 is 6.18 Å². The minimum atomic E-state index is -4.90. The fourth-order valence-electron chi connectivity index (χ4n) is 4.00. The van der Waals surface area contributed by atoms with Gasteiger partial charge < -0.3 is 14.8 Å². The predicted molar refractivity (Wildman–Crippen MR) is 131 cm³/mol. The van der Waals surface area contributed by atoms with Crippen LogP contribution in [0.15, 0.2) is 42.5 Å². The van der Waals surface area contributed by atoms with Gasteiger partial charge in [0.15, 0.2) is 0 Å². The molecule has 1 N–H and O–H groups in total. The maximum atomic E-state index is 14.1. The molecule has 6 nitrogen and oxygen atoms in total. The minimum Gasteiger partial charge on any atom is -0.343 e. The molecule has 0 aliphatic carbocycles. The maximum Gasteiger partial charge on any atom is 0.416 e. The molecule has 0 aliphatic heterocycles. The molecule has 0 unspecified atom stereocenters. The number of Topliss-reactive ketones (excluding diaryl/α,β-unsaturated/α-hetero) is 1. The number of hydrogen-bond acceptors (Lipinski definition) is 3. The van der Waals surface area contributed by atoms with Crippen LogP contribution in [0.1, 0.15) is 57.4 Å². The molecule has 2 aromatic carbocycles. The number of anilines is 1. The average Bonchev–Trinajstić information content (AvgIpc) is 3.15. The van der Waals surface area contributed by atoms with Crippen LogP contribution in [0.25, 0.3) is 0 Å². The third-order valence-electron chi connectivity index (χ3n) is 5.71. The van der Waals surface area contributed by atoms with E-state index in [1.807, 2.05) is 0 Å². The number of hydrogen-bond donors (Lipinski definition) is 1. The van der Waals surface area contributed by atoms with Gasteiger partial charge in [0.1, 0.15) is 23.1 Å². The third-order valence-corrected chi connectivity index (χ3v) is 6.06. The molecule has 2 amide bonds. The highest BCUT2D eigenvalue weighted by atomic mass is 35.5. The Hall–Kier alpha value is -3.73. The van der Waals surface area contributed by atoms with Crippen LogP contribution in [0, 0.1) is 11.6 Å². The lowest BCUT2D eigenvalue weighted by Gasteiger charge is -2.21. The molecular formula is C26H23ClF5N3O3. The molecule has 0 radical (unpaired) electrons. The van der Waals surface area contributed by atoms with Crippen molar-refractivity contribution in [2.45, 2.75) is 32.5 Å². The highest BCUT2D eigenvalue weighted by Gasteiger charge is 2.33. The first-order valence-electron chi connectivity index (χ1n) is 11.2. The van der Waals surface area contributed by atoms with Gasteiger partial charge in [-0.05, 0) is 55.0 Å². The Morgan fingerprint density at radius 1 is 1.03 bits per heavy atom. The Kier molecular flexibility index (Phi) is 8.30. The molecule has 12 heteroatoms. The number of aromatic nitrogens is 1. The number of amides is 2. The van der Waals surface area contributed by atoms with Gasteiger partial charge in [-0.3, -0.25) is 14.4 Å². The van der Waals surface area contributed by atoms with E-state index in [0.29, 0.717) is 12.1 Å². The van der Waals surface area contributed by atoms with Gasteiger partial charge in [-0.15, -0.1) is 0 Å². The minimum absolute atomic E-state index is 0.0231. The van der Waals surface area contributed by atoms with Crippen molar-refractivity contribution in [1.29, 1.82) is 0 Å². The van der Waals surface area contributed by atoms with Crippen LogP contribution >= 0.6 is 11.6 Å². The van der Waals surface area contributed by atoms with Gasteiger partial charge in [-0.25, -0.2) is 8.78 Å². The summed E-state index contributed by atoms with van der Waals surface area (Å²) in [5.74, 6) is -4.70. The normalized spacial score (nSPS) is 12.3. The predicted octanol–water partition coefficient (Wildman–Crippen LogP) is 6.13. The van der Waals surface area contributed by atoms with Gasteiger partial charge in [0.05, 0.1) is 17.8 Å². The first-order valence-corrected chi connectivity index (χ1v) is 11.6. The Morgan fingerprint density at radius 2 is 1.68 bits per heavy atom. The van der Waals surface area contributed by atoms with E-state index in [2.05, 4.69) is 5.32 Å². The molecule has 1 atom stereocenters. The molecule has 0 saturated carbocycles.